The maximum absolute atomic E-state index is 13.6. The van der Waals surface area contributed by atoms with Gasteiger partial charge in [0.05, 0.1) is 18.6 Å². The number of carbonyl (C=O) groups is 5. The van der Waals surface area contributed by atoms with Crippen molar-refractivity contribution in [3.8, 4) is 0 Å². The zero-order valence-corrected chi connectivity index (χ0v) is 26.5. The fourth-order valence-corrected chi connectivity index (χ4v) is 5.81. The number of rotatable bonds is 8. The van der Waals surface area contributed by atoms with E-state index in [1.54, 1.807) is 41.3 Å². The van der Waals surface area contributed by atoms with Crippen LogP contribution in [0.1, 0.15) is 37.7 Å². The Balaban J connectivity index is 1.32. The lowest BCUT2D eigenvalue weighted by atomic mass is 9.97. The van der Waals surface area contributed by atoms with Crippen molar-refractivity contribution < 1.29 is 38.6 Å². The molecule has 0 aliphatic carbocycles. The summed E-state index contributed by atoms with van der Waals surface area (Å²) in [5.74, 6) is -3.11. The first-order valence-electron chi connectivity index (χ1n) is 16.1. The number of cyclic esters (lactones) is 1. The first kappa shape index (κ1) is 34.1. The van der Waals surface area contributed by atoms with E-state index in [4.69, 9.17) is 9.47 Å². The second-order valence-electron chi connectivity index (χ2n) is 11.9. The van der Waals surface area contributed by atoms with Crippen molar-refractivity contribution in [3.05, 3.63) is 90.5 Å². The third kappa shape index (κ3) is 9.19. The molecule has 4 amide bonds. The first-order valence-corrected chi connectivity index (χ1v) is 16.1. The highest BCUT2D eigenvalue weighted by Gasteiger charge is 2.34. The van der Waals surface area contributed by atoms with Crippen LogP contribution in [-0.2, 0) is 35.3 Å². The third-order valence-corrected chi connectivity index (χ3v) is 8.49. The maximum atomic E-state index is 13.6. The standard InChI is InChI=1S/C36H40N4O8/c41-21-29-14-8-18-40(29)32(42)20-27-13-6-7-15-30(39-36(46)48-22-24-9-2-1-3-10-24)35(45)47-23-31(38-33(27)43)34(44)37-28-17-16-25-11-4-5-12-26(25)19-28/h1-7,9-12,16-17,19,27,29-31,41H,8,13-15,18,20-23H2,(H,37,44)(H,38,43)(H,39,46). The number of hydrogen-bond acceptors (Lipinski definition) is 8. The SMILES string of the molecule is O=C(NC1CC=CCC(CC(=O)N2CCCC2CO)C(=O)NC(C(=O)Nc2ccc3ccccc3c2)COC1=O)OCc1ccccc1. The molecule has 4 N–H and O–H groups in total. The molecule has 48 heavy (non-hydrogen) atoms. The van der Waals surface area contributed by atoms with Crippen molar-refractivity contribution >= 4 is 46.2 Å². The lowest BCUT2D eigenvalue weighted by Crippen LogP contribution is -2.51. The number of benzene rings is 3. The summed E-state index contributed by atoms with van der Waals surface area (Å²) in [6, 6.07) is 19.3. The van der Waals surface area contributed by atoms with Crippen LogP contribution in [0.3, 0.4) is 0 Å². The van der Waals surface area contributed by atoms with Crippen molar-refractivity contribution in [1.82, 2.24) is 15.5 Å². The Morgan fingerprint density at radius 3 is 2.50 bits per heavy atom. The number of allylic oxidation sites excluding steroid dienone is 1. The number of fused-ring (bicyclic) bond motifs is 1. The van der Waals surface area contributed by atoms with Crippen LogP contribution in [0.15, 0.2) is 84.9 Å². The van der Waals surface area contributed by atoms with E-state index in [0.717, 1.165) is 22.8 Å². The van der Waals surface area contributed by atoms with Gasteiger partial charge in [0, 0.05) is 18.7 Å². The van der Waals surface area contributed by atoms with E-state index in [2.05, 4.69) is 16.0 Å². The van der Waals surface area contributed by atoms with Crippen molar-refractivity contribution in [1.29, 1.82) is 0 Å². The minimum Gasteiger partial charge on any atom is -0.461 e. The number of nitrogens with one attached hydrogen (secondary N) is 3. The Hall–Kier alpha value is -5.23. The largest absolute Gasteiger partial charge is 0.461 e. The summed E-state index contributed by atoms with van der Waals surface area (Å²) in [6.07, 6.45) is 3.93. The summed E-state index contributed by atoms with van der Waals surface area (Å²) >= 11 is 0. The Kier molecular flexibility index (Phi) is 11.8. The second kappa shape index (κ2) is 16.6. The number of amides is 4. The average Bonchev–Trinajstić information content (AvgIpc) is 3.59. The summed E-state index contributed by atoms with van der Waals surface area (Å²) in [5.41, 5.74) is 1.24. The van der Waals surface area contributed by atoms with Crippen LogP contribution in [0, 0.1) is 5.92 Å². The fourth-order valence-electron chi connectivity index (χ4n) is 5.81. The predicted octanol–water partition coefficient (Wildman–Crippen LogP) is 3.44. The predicted molar refractivity (Wildman–Crippen MR) is 177 cm³/mol. The number of aliphatic hydroxyl groups is 1. The van der Waals surface area contributed by atoms with E-state index < -0.39 is 48.5 Å². The van der Waals surface area contributed by atoms with Crippen LogP contribution >= 0.6 is 0 Å². The topological polar surface area (TPSA) is 163 Å². The molecule has 0 bridgehead atoms. The highest BCUT2D eigenvalue weighted by molar-refractivity contribution is 6.00. The summed E-state index contributed by atoms with van der Waals surface area (Å²) in [7, 11) is 0. The quantitative estimate of drug-likeness (QED) is 0.212. The molecule has 1 fully saturated rings. The number of esters is 1. The highest BCUT2D eigenvalue weighted by Crippen LogP contribution is 2.22. The minimum atomic E-state index is -1.31. The molecule has 4 unspecified atom stereocenters. The van der Waals surface area contributed by atoms with Gasteiger partial charge < -0.3 is 35.4 Å². The third-order valence-electron chi connectivity index (χ3n) is 8.49. The average molecular weight is 657 g/mol. The number of likely N-dealkylation sites (tertiary alicyclic amines) is 1. The molecule has 0 aromatic heterocycles. The zero-order valence-electron chi connectivity index (χ0n) is 26.5. The lowest BCUT2D eigenvalue weighted by molar-refractivity contribution is -0.148. The van der Waals surface area contributed by atoms with Crippen molar-refractivity contribution in [2.24, 2.45) is 5.92 Å². The van der Waals surface area contributed by atoms with Crippen molar-refractivity contribution in [3.63, 3.8) is 0 Å². The molecule has 2 heterocycles. The van der Waals surface area contributed by atoms with E-state index in [-0.39, 0.29) is 44.4 Å². The number of carbonyl (C=O) groups excluding carboxylic acids is 5. The van der Waals surface area contributed by atoms with Gasteiger partial charge in [-0.05, 0) is 54.2 Å². The number of hydrogen-bond donors (Lipinski definition) is 4. The summed E-state index contributed by atoms with van der Waals surface area (Å²) in [5, 5.41) is 19.6. The molecular formula is C36H40N4O8. The first-order chi connectivity index (χ1) is 23.3. The molecule has 2 aliphatic rings. The van der Waals surface area contributed by atoms with E-state index in [0.29, 0.717) is 18.7 Å². The normalized spacial score (nSPS) is 21.7. The number of aliphatic hydroxyl groups excluding tert-OH is 1. The molecule has 252 valence electrons. The van der Waals surface area contributed by atoms with Crippen LogP contribution in [0.5, 0.6) is 0 Å². The fraction of sp³-hybridized carbons (Fsp3) is 0.361. The molecule has 0 saturated carbocycles. The van der Waals surface area contributed by atoms with Crippen LogP contribution in [0.2, 0.25) is 0 Å². The van der Waals surface area contributed by atoms with Crippen LogP contribution in [0.25, 0.3) is 10.8 Å². The van der Waals surface area contributed by atoms with E-state index >= 15 is 0 Å². The Labute approximate surface area is 278 Å². The van der Waals surface area contributed by atoms with E-state index in [1.807, 2.05) is 48.5 Å². The Morgan fingerprint density at radius 1 is 0.958 bits per heavy atom. The second-order valence-corrected chi connectivity index (χ2v) is 11.9. The molecule has 5 rings (SSSR count). The Morgan fingerprint density at radius 2 is 1.71 bits per heavy atom. The van der Waals surface area contributed by atoms with Crippen molar-refractivity contribution in [2.75, 3.05) is 25.1 Å². The summed E-state index contributed by atoms with van der Waals surface area (Å²) in [6.45, 7) is -0.191. The van der Waals surface area contributed by atoms with Gasteiger partial charge in [-0.25, -0.2) is 9.59 Å². The van der Waals surface area contributed by atoms with Gasteiger partial charge in [-0.15, -0.1) is 0 Å². The van der Waals surface area contributed by atoms with Crippen molar-refractivity contribution in [2.45, 2.75) is 56.8 Å². The number of anilines is 1. The number of ether oxygens (including phenoxy) is 2. The Bertz CT molecular complexity index is 1650. The van der Waals surface area contributed by atoms with Gasteiger partial charge in [0.2, 0.25) is 11.8 Å². The van der Waals surface area contributed by atoms with Gasteiger partial charge in [0.15, 0.2) is 0 Å². The molecule has 0 radical (unpaired) electrons. The van der Waals surface area contributed by atoms with Gasteiger partial charge in [-0.1, -0.05) is 72.8 Å². The molecule has 3 aromatic rings. The minimum absolute atomic E-state index is 0.00278. The van der Waals surface area contributed by atoms with Gasteiger partial charge in [-0.3, -0.25) is 14.4 Å². The van der Waals surface area contributed by atoms with Crippen LogP contribution < -0.4 is 16.0 Å². The van der Waals surface area contributed by atoms with Crippen LogP contribution in [-0.4, -0.2) is 77.7 Å². The van der Waals surface area contributed by atoms with Gasteiger partial charge in [0.1, 0.15) is 25.3 Å². The molecule has 1 saturated heterocycles. The molecule has 0 spiro atoms. The molecule has 12 heteroatoms. The maximum Gasteiger partial charge on any atom is 0.408 e. The number of alkyl carbamates (subject to hydrolysis) is 1. The lowest BCUT2D eigenvalue weighted by Gasteiger charge is -2.27. The highest BCUT2D eigenvalue weighted by atomic mass is 16.6. The van der Waals surface area contributed by atoms with E-state index in [9.17, 15) is 29.1 Å². The number of nitrogens with zero attached hydrogens (tertiary/aromatic N) is 1. The van der Waals surface area contributed by atoms with E-state index in [1.165, 1.54) is 0 Å². The summed E-state index contributed by atoms with van der Waals surface area (Å²) in [4.78, 5) is 67.8. The van der Waals surface area contributed by atoms with Gasteiger partial charge in [-0.2, -0.15) is 0 Å². The monoisotopic (exact) mass is 656 g/mol. The molecule has 2 aliphatic heterocycles. The van der Waals surface area contributed by atoms with Gasteiger partial charge in [0.25, 0.3) is 5.91 Å². The molecule has 12 nitrogen and oxygen atoms in total. The molecule has 4 atom stereocenters. The zero-order chi connectivity index (χ0) is 33.9. The molecular weight excluding hydrogens is 616 g/mol. The smallest absolute Gasteiger partial charge is 0.408 e. The van der Waals surface area contributed by atoms with Gasteiger partial charge >= 0.3 is 12.1 Å². The van der Waals surface area contributed by atoms with Crippen LogP contribution in [0.4, 0.5) is 10.5 Å². The molecule has 3 aromatic carbocycles. The summed E-state index contributed by atoms with van der Waals surface area (Å²) < 4.78 is 10.8.